The zero-order valence-corrected chi connectivity index (χ0v) is 13.2. The number of nitrogens with one attached hydrogen (secondary N) is 1. The predicted molar refractivity (Wildman–Crippen MR) is 76.6 cm³/mol. The molecule has 7 heteroatoms. The third-order valence-electron chi connectivity index (χ3n) is 2.72. The highest BCUT2D eigenvalue weighted by molar-refractivity contribution is 7.89. The van der Waals surface area contributed by atoms with Crippen LogP contribution in [0.25, 0.3) is 0 Å². The maximum absolute atomic E-state index is 14.0. The summed E-state index contributed by atoms with van der Waals surface area (Å²) in [7, 11) is -4.01. The van der Waals surface area contributed by atoms with Crippen molar-refractivity contribution in [2.24, 2.45) is 5.92 Å². The number of benzene rings is 1. The normalized spacial score (nSPS) is 13.8. The highest BCUT2D eigenvalue weighted by atomic mass is 35.5. The number of hydrogen-bond donors (Lipinski definition) is 2. The quantitative estimate of drug-likeness (QED) is 0.846. The molecule has 0 aliphatic rings. The van der Waals surface area contributed by atoms with Crippen LogP contribution in [0.3, 0.4) is 0 Å². The average Bonchev–Trinajstić information content (AvgIpc) is 2.29. The Bertz CT molecular complexity index is 575. The largest absolute Gasteiger partial charge is 0.392 e. The highest BCUT2D eigenvalue weighted by Crippen LogP contribution is 2.24. The van der Waals surface area contributed by atoms with Gasteiger partial charge in [0.25, 0.3) is 0 Å². The number of rotatable bonds is 6. The summed E-state index contributed by atoms with van der Waals surface area (Å²) in [6, 6.07) is 1.92. The van der Waals surface area contributed by atoms with Crippen LogP contribution in [0, 0.1) is 11.7 Å². The molecule has 2 N–H and O–H groups in total. The van der Waals surface area contributed by atoms with Gasteiger partial charge in [0.2, 0.25) is 10.0 Å². The van der Waals surface area contributed by atoms with Gasteiger partial charge in [0.1, 0.15) is 10.7 Å². The maximum Gasteiger partial charge on any atom is 0.243 e. The van der Waals surface area contributed by atoms with Gasteiger partial charge < -0.3 is 5.11 Å². The van der Waals surface area contributed by atoms with Gasteiger partial charge >= 0.3 is 0 Å². The molecule has 1 aromatic carbocycles. The topological polar surface area (TPSA) is 66.4 Å². The van der Waals surface area contributed by atoms with Crippen LogP contribution in [0.2, 0.25) is 5.02 Å². The molecule has 0 heterocycles. The van der Waals surface area contributed by atoms with Gasteiger partial charge in [0, 0.05) is 16.6 Å². The van der Waals surface area contributed by atoms with E-state index in [0.717, 1.165) is 6.07 Å². The second-order valence-corrected chi connectivity index (χ2v) is 7.31. The summed E-state index contributed by atoms with van der Waals surface area (Å²) in [4.78, 5) is -0.537. The first-order chi connectivity index (χ1) is 9.17. The van der Waals surface area contributed by atoms with Crippen molar-refractivity contribution >= 4 is 21.6 Å². The van der Waals surface area contributed by atoms with Crippen molar-refractivity contribution in [3.05, 3.63) is 28.5 Å². The number of sulfonamides is 1. The van der Waals surface area contributed by atoms with E-state index in [0.29, 0.717) is 12.3 Å². The lowest BCUT2D eigenvalue weighted by atomic mass is 10.1. The molecule has 20 heavy (non-hydrogen) atoms. The molecule has 0 fully saturated rings. The van der Waals surface area contributed by atoms with E-state index in [9.17, 15) is 12.8 Å². The van der Waals surface area contributed by atoms with Crippen LogP contribution in [0.5, 0.6) is 0 Å². The van der Waals surface area contributed by atoms with Gasteiger partial charge in [-0.3, -0.25) is 0 Å². The van der Waals surface area contributed by atoms with Crippen LogP contribution in [0.4, 0.5) is 4.39 Å². The van der Waals surface area contributed by atoms with E-state index < -0.39 is 27.3 Å². The van der Waals surface area contributed by atoms with Crippen LogP contribution < -0.4 is 4.72 Å². The van der Waals surface area contributed by atoms with Crippen LogP contribution in [-0.2, 0) is 16.6 Å². The smallest absolute Gasteiger partial charge is 0.243 e. The van der Waals surface area contributed by atoms with Gasteiger partial charge in [-0.15, -0.1) is 0 Å². The first-order valence-electron chi connectivity index (χ1n) is 6.28. The molecule has 0 aliphatic carbocycles. The van der Waals surface area contributed by atoms with Gasteiger partial charge in [0.05, 0.1) is 6.61 Å². The second-order valence-electron chi connectivity index (χ2n) is 5.19. The van der Waals surface area contributed by atoms with Gasteiger partial charge in [-0.2, -0.15) is 0 Å². The Balaban J connectivity index is 3.13. The summed E-state index contributed by atoms with van der Waals surface area (Å²) in [5, 5.41) is 9.08. The highest BCUT2D eigenvalue weighted by Gasteiger charge is 2.24. The Kier molecular flexibility index (Phi) is 5.94. The lowest BCUT2D eigenvalue weighted by Crippen LogP contribution is -2.34. The second kappa shape index (κ2) is 6.85. The molecule has 0 saturated heterocycles. The Labute approximate surface area is 124 Å². The van der Waals surface area contributed by atoms with Crippen molar-refractivity contribution in [3.8, 4) is 0 Å². The van der Waals surface area contributed by atoms with Crippen LogP contribution in [0.1, 0.15) is 32.8 Å². The Morgan fingerprint density at radius 1 is 1.35 bits per heavy atom. The van der Waals surface area contributed by atoms with Gasteiger partial charge in [-0.05, 0) is 31.4 Å². The summed E-state index contributed by atoms with van der Waals surface area (Å²) in [5.41, 5.74) is -0.144. The van der Waals surface area contributed by atoms with Crippen molar-refractivity contribution < 1.29 is 17.9 Å². The minimum atomic E-state index is -4.01. The van der Waals surface area contributed by atoms with E-state index in [1.807, 2.05) is 13.8 Å². The van der Waals surface area contributed by atoms with E-state index in [4.69, 9.17) is 16.7 Å². The third kappa shape index (κ3) is 4.41. The third-order valence-corrected chi connectivity index (χ3v) is 4.53. The SMILES string of the molecule is CC(C)CC(C)NS(=O)(=O)c1cc(Cl)cc(CO)c1F. The zero-order valence-electron chi connectivity index (χ0n) is 11.7. The molecular weight excluding hydrogens is 305 g/mol. The minimum Gasteiger partial charge on any atom is -0.392 e. The molecular formula is C13H19ClFNO3S. The van der Waals surface area contributed by atoms with E-state index in [1.165, 1.54) is 6.07 Å². The monoisotopic (exact) mass is 323 g/mol. The number of halogens is 2. The van der Waals surface area contributed by atoms with E-state index in [-0.39, 0.29) is 16.6 Å². The fraction of sp³-hybridized carbons (Fsp3) is 0.538. The van der Waals surface area contributed by atoms with E-state index in [1.54, 1.807) is 6.92 Å². The standard InChI is InChI=1S/C13H19ClFNO3S/c1-8(2)4-9(3)16-20(18,19)12-6-11(14)5-10(7-17)13(12)15/h5-6,8-9,16-17H,4,7H2,1-3H3. The van der Waals surface area contributed by atoms with Crippen molar-refractivity contribution in [1.29, 1.82) is 0 Å². The molecule has 0 spiro atoms. The van der Waals surface area contributed by atoms with Crippen molar-refractivity contribution in [3.63, 3.8) is 0 Å². The lowest BCUT2D eigenvalue weighted by molar-refractivity contribution is 0.274. The zero-order chi connectivity index (χ0) is 15.5. The number of aliphatic hydroxyl groups excluding tert-OH is 1. The molecule has 0 radical (unpaired) electrons. The molecule has 1 atom stereocenters. The molecule has 1 aromatic rings. The van der Waals surface area contributed by atoms with Gasteiger partial charge in [0.15, 0.2) is 0 Å². The first kappa shape index (κ1) is 17.4. The average molecular weight is 324 g/mol. The molecule has 0 bridgehead atoms. The molecule has 0 aliphatic heterocycles. The maximum atomic E-state index is 14.0. The molecule has 1 rings (SSSR count). The van der Waals surface area contributed by atoms with Crippen molar-refractivity contribution in [2.75, 3.05) is 0 Å². The molecule has 0 amide bonds. The number of hydrogen-bond acceptors (Lipinski definition) is 3. The first-order valence-corrected chi connectivity index (χ1v) is 8.14. The van der Waals surface area contributed by atoms with E-state index >= 15 is 0 Å². The summed E-state index contributed by atoms with van der Waals surface area (Å²) >= 11 is 5.76. The van der Waals surface area contributed by atoms with E-state index in [2.05, 4.69) is 4.72 Å². The van der Waals surface area contributed by atoms with Crippen molar-refractivity contribution in [1.82, 2.24) is 4.72 Å². The van der Waals surface area contributed by atoms with Crippen molar-refractivity contribution in [2.45, 2.75) is 44.7 Å². The van der Waals surface area contributed by atoms with Crippen LogP contribution >= 0.6 is 11.6 Å². The Morgan fingerprint density at radius 3 is 2.45 bits per heavy atom. The van der Waals surface area contributed by atoms with Gasteiger partial charge in [-0.1, -0.05) is 25.4 Å². The Morgan fingerprint density at radius 2 is 1.95 bits per heavy atom. The lowest BCUT2D eigenvalue weighted by Gasteiger charge is -2.17. The molecule has 4 nitrogen and oxygen atoms in total. The Hall–Kier alpha value is -0.690. The van der Waals surface area contributed by atoms with Gasteiger partial charge in [-0.25, -0.2) is 17.5 Å². The molecule has 114 valence electrons. The fourth-order valence-electron chi connectivity index (χ4n) is 2.01. The predicted octanol–water partition coefficient (Wildman–Crippen LogP) is 2.68. The fourth-order valence-corrected chi connectivity index (χ4v) is 3.72. The van der Waals surface area contributed by atoms with Crippen LogP contribution in [-0.4, -0.2) is 19.6 Å². The van der Waals surface area contributed by atoms with Crippen LogP contribution in [0.15, 0.2) is 17.0 Å². The summed E-state index contributed by atoms with van der Waals surface area (Å²) in [5.74, 6) is -0.661. The summed E-state index contributed by atoms with van der Waals surface area (Å²) in [6.07, 6.45) is 0.633. The summed E-state index contributed by atoms with van der Waals surface area (Å²) in [6.45, 7) is 5.03. The minimum absolute atomic E-state index is 0.0623. The summed E-state index contributed by atoms with van der Waals surface area (Å²) < 4.78 is 40.8. The molecule has 0 saturated carbocycles. The molecule has 0 aromatic heterocycles. The molecule has 1 unspecified atom stereocenters. The number of aliphatic hydroxyl groups is 1.